The van der Waals surface area contributed by atoms with Crippen molar-refractivity contribution in [2.24, 2.45) is 0 Å². The van der Waals surface area contributed by atoms with Gasteiger partial charge in [0.25, 0.3) is 17.3 Å². The van der Waals surface area contributed by atoms with E-state index in [0.717, 1.165) is 0 Å². The largest absolute Gasteiger partial charge is 0.512 e. The van der Waals surface area contributed by atoms with Gasteiger partial charge in [0.15, 0.2) is 0 Å². The van der Waals surface area contributed by atoms with Crippen molar-refractivity contribution in [3.8, 4) is 0 Å². The first kappa shape index (κ1) is 32.2. The van der Waals surface area contributed by atoms with E-state index in [0.29, 0.717) is 18.2 Å². The molecular weight excluding hydrogens is 428 g/mol. The van der Waals surface area contributed by atoms with Gasteiger partial charge < -0.3 is 30.6 Å². The predicted molar refractivity (Wildman–Crippen MR) is 87.1 cm³/mol. The number of carboxylic acid groups (broad SMARTS) is 3. The van der Waals surface area contributed by atoms with Crippen LogP contribution in [-0.2, 0) is 45.8 Å². The molecule has 0 aliphatic heterocycles. The Hall–Kier alpha value is -3.44. The van der Waals surface area contributed by atoms with E-state index in [1.54, 1.807) is 0 Å². The van der Waals surface area contributed by atoms with Gasteiger partial charge in [-0.15, -0.1) is 0 Å². The Bertz CT molecular complexity index is 593. The van der Waals surface area contributed by atoms with Crippen LogP contribution >= 0.6 is 0 Å². The molecule has 0 aromatic heterocycles. The predicted octanol–water partition coefficient (Wildman–Crippen LogP) is 0.303. The molecule has 0 aromatic rings. The third kappa shape index (κ3) is 24.8. The fourth-order valence-electron chi connectivity index (χ4n) is 0.754. The van der Waals surface area contributed by atoms with Gasteiger partial charge in [0.05, 0.1) is 17.3 Å². The summed E-state index contributed by atoms with van der Waals surface area (Å²) in [6.45, 7) is 3.67. The zero-order valence-electron chi connectivity index (χ0n) is 14.7. The number of hydrogen-bond donors (Lipinski definition) is 6. The number of aliphatic carboxylic acids is 3. The molecule has 12 nitrogen and oxygen atoms in total. The molecule has 0 aliphatic carbocycles. The monoisotopic (exact) mass is 446 g/mol. The second-order valence-electron chi connectivity index (χ2n) is 4.37. The Kier molecular flexibility index (Phi) is 19.6. The SMILES string of the molecule is CC(O)=CC(=O)C(=O)O.CC(O)=CC(=O)C(=O)O.CC(O)=CC(=O)C(=O)O.[Fe]. The van der Waals surface area contributed by atoms with Gasteiger partial charge in [-0.25, -0.2) is 14.4 Å². The first-order valence-electron chi connectivity index (χ1n) is 6.55. The van der Waals surface area contributed by atoms with Gasteiger partial charge in [-0.1, -0.05) is 0 Å². The zero-order chi connectivity index (χ0) is 22.3. The summed E-state index contributed by atoms with van der Waals surface area (Å²) in [5.41, 5.74) is 0. The Balaban J connectivity index is -0.000000152. The van der Waals surface area contributed by atoms with E-state index < -0.39 is 35.3 Å². The van der Waals surface area contributed by atoms with E-state index in [9.17, 15) is 28.8 Å². The number of rotatable bonds is 6. The third-order valence-electron chi connectivity index (χ3n) is 1.65. The molecule has 0 spiro atoms. The number of allylic oxidation sites excluding steroid dienone is 3. The molecule has 0 saturated heterocycles. The summed E-state index contributed by atoms with van der Waals surface area (Å²) in [5.74, 6) is -8.96. The Morgan fingerprint density at radius 3 is 0.643 bits per heavy atom. The minimum absolute atomic E-state index is 0. The van der Waals surface area contributed by atoms with Gasteiger partial charge in [0.1, 0.15) is 0 Å². The minimum Gasteiger partial charge on any atom is -0.512 e. The molecular formula is C15H18FeO12. The fourth-order valence-corrected chi connectivity index (χ4v) is 0.754. The minimum atomic E-state index is -1.57. The van der Waals surface area contributed by atoms with Crippen molar-refractivity contribution in [1.29, 1.82) is 0 Å². The van der Waals surface area contributed by atoms with Gasteiger partial charge in [-0.3, -0.25) is 14.4 Å². The maximum Gasteiger partial charge on any atom is 0.376 e. The standard InChI is InChI=1S/3C5H6O4.Fe/c3*1-3(6)2-4(7)5(8)9;/h3*2,6H,1H3,(H,8,9);. The summed E-state index contributed by atoms with van der Waals surface area (Å²) in [6.07, 6.45) is 1.92. The van der Waals surface area contributed by atoms with Crippen LogP contribution in [0.5, 0.6) is 0 Å². The van der Waals surface area contributed by atoms with Gasteiger partial charge in [-0.2, -0.15) is 0 Å². The molecule has 0 radical (unpaired) electrons. The van der Waals surface area contributed by atoms with Crippen LogP contribution in [0.1, 0.15) is 20.8 Å². The molecule has 0 atom stereocenters. The summed E-state index contributed by atoms with van der Waals surface area (Å²) in [6, 6.07) is 0. The number of aliphatic hydroxyl groups excluding tert-OH is 3. The third-order valence-corrected chi connectivity index (χ3v) is 1.65. The zero-order valence-corrected chi connectivity index (χ0v) is 15.8. The molecule has 158 valence electrons. The van der Waals surface area contributed by atoms with Gasteiger partial charge in [0.2, 0.25) is 0 Å². The topological polar surface area (TPSA) is 224 Å². The average molecular weight is 446 g/mol. The van der Waals surface area contributed by atoms with Gasteiger partial charge >= 0.3 is 17.9 Å². The van der Waals surface area contributed by atoms with E-state index in [1.165, 1.54) is 20.8 Å². The van der Waals surface area contributed by atoms with Crippen LogP contribution in [0.3, 0.4) is 0 Å². The molecule has 0 aliphatic rings. The molecule has 6 N–H and O–H groups in total. The van der Waals surface area contributed by atoms with Crippen molar-refractivity contribution in [3.63, 3.8) is 0 Å². The van der Waals surface area contributed by atoms with Crippen LogP contribution < -0.4 is 0 Å². The van der Waals surface area contributed by atoms with E-state index in [2.05, 4.69) is 0 Å². The average Bonchev–Trinajstić information content (AvgIpc) is 2.46. The number of aliphatic hydroxyl groups is 3. The summed E-state index contributed by atoms with van der Waals surface area (Å²) in [7, 11) is 0. The number of carbonyl (C=O) groups is 6. The van der Waals surface area contributed by atoms with Gasteiger partial charge in [-0.05, 0) is 20.8 Å². The molecule has 0 heterocycles. The van der Waals surface area contributed by atoms with E-state index >= 15 is 0 Å². The molecule has 13 heteroatoms. The fraction of sp³-hybridized carbons (Fsp3) is 0.200. The van der Waals surface area contributed by atoms with Crippen LogP contribution in [0.2, 0.25) is 0 Å². The van der Waals surface area contributed by atoms with Gasteiger partial charge in [0, 0.05) is 35.3 Å². The number of ketones is 3. The van der Waals surface area contributed by atoms with Crippen molar-refractivity contribution in [2.75, 3.05) is 0 Å². The van der Waals surface area contributed by atoms with E-state index in [1.807, 2.05) is 0 Å². The molecule has 0 rings (SSSR count). The molecule has 0 amide bonds. The molecule has 0 saturated carbocycles. The Morgan fingerprint density at radius 1 is 0.464 bits per heavy atom. The van der Waals surface area contributed by atoms with Crippen LogP contribution in [0.15, 0.2) is 35.5 Å². The van der Waals surface area contributed by atoms with Crippen molar-refractivity contribution in [3.05, 3.63) is 35.5 Å². The van der Waals surface area contributed by atoms with Crippen molar-refractivity contribution < 1.29 is 76.5 Å². The van der Waals surface area contributed by atoms with Crippen molar-refractivity contribution in [2.45, 2.75) is 20.8 Å². The first-order chi connectivity index (χ1) is 12.1. The Morgan fingerprint density at radius 2 is 0.607 bits per heavy atom. The maximum atomic E-state index is 10.1. The van der Waals surface area contributed by atoms with Crippen molar-refractivity contribution in [1.82, 2.24) is 0 Å². The molecule has 0 aromatic carbocycles. The number of carbonyl (C=O) groups excluding carboxylic acids is 3. The number of carboxylic acids is 3. The van der Waals surface area contributed by atoms with Crippen LogP contribution in [0.4, 0.5) is 0 Å². The molecule has 0 bridgehead atoms. The molecule has 0 fully saturated rings. The maximum absolute atomic E-state index is 10.1. The molecule has 0 unspecified atom stereocenters. The second kappa shape index (κ2) is 17.0. The first-order valence-corrected chi connectivity index (χ1v) is 6.55. The quantitative estimate of drug-likeness (QED) is 0.140. The summed E-state index contributed by atoms with van der Waals surface area (Å²) >= 11 is 0. The van der Waals surface area contributed by atoms with Crippen LogP contribution in [0, 0.1) is 0 Å². The van der Waals surface area contributed by atoms with Crippen LogP contribution in [-0.4, -0.2) is 65.9 Å². The molecule has 28 heavy (non-hydrogen) atoms. The normalized spacial score (nSPS) is 10.6. The summed E-state index contributed by atoms with van der Waals surface area (Å²) in [4.78, 5) is 59.5. The summed E-state index contributed by atoms with van der Waals surface area (Å²) in [5, 5.41) is 48.8. The number of hydrogen-bond acceptors (Lipinski definition) is 9. The van der Waals surface area contributed by atoms with Crippen molar-refractivity contribution >= 4 is 35.3 Å². The summed E-state index contributed by atoms with van der Waals surface area (Å²) < 4.78 is 0. The van der Waals surface area contributed by atoms with Crippen LogP contribution in [0.25, 0.3) is 0 Å². The second-order valence-corrected chi connectivity index (χ2v) is 4.37. The van der Waals surface area contributed by atoms with E-state index in [-0.39, 0.29) is 34.3 Å². The smallest absolute Gasteiger partial charge is 0.376 e. The van der Waals surface area contributed by atoms with E-state index in [4.69, 9.17) is 30.6 Å². The Labute approximate surface area is 168 Å².